The zero-order valence-electron chi connectivity index (χ0n) is 7.83. The van der Waals surface area contributed by atoms with Crippen molar-refractivity contribution in [1.29, 1.82) is 0 Å². The van der Waals surface area contributed by atoms with E-state index in [9.17, 15) is 4.79 Å². The molecule has 1 rings (SSSR count). The van der Waals surface area contributed by atoms with Gasteiger partial charge >= 0.3 is 5.97 Å². The summed E-state index contributed by atoms with van der Waals surface area (Å²) in [6.45, 7) is 1.85. The molecule has 0 bridgehead atoms. The molecular weight excluding hydrogens is 170 g/mol. The van der Waals surface area contributed by atoms with Crippen LogP contribution in [0, 0.1) is 6.92 Å². The zero-order chi connectivity index (χ0) is 9.84. The third kappa shape index (κ3) is 1.96. The van der Waals surface area contributed by atoms with E-state index in [4.69, 9.17) is 4.74 Å². The molecule has 1 heterocycles. The van der Waals surface area contributed by atoms with E-state index in [1.807, 2.05) is 6.92 Å². The van der Waals surface area contributed by atoms with Crippen molar-refractivity contribution in [2.45, 2.75) is 6.92 Å². The molecule has 0 fully saturated rings. The van der Waals surface area contributed by atoms with Gasteiger partial charge in [-0.25, -0.2) is 9.78 Å². The summed E-state index contributed by atoms with van der Waals surface area (Å²) in [5.41, 5.74) is 1.14. The standard InChI is InChI=1S/C9H11NO3/c1-6-5-10-7(9(11)13-3)4-8(6)12-2/h4-5H,1-3H3. The number of carbonyl (C=O) groups excluding carboxylic acids is 1. The summed E-state index contributed by atoms with van der Waals surface area (Å²) in [6, 6.07) is 1.56. The maximum absolute atomic E-state index is 11.1. The third-order valence-corrected chi connectivity index (χ3v) is 1.67. The van der Waals surface area contributed by atoms with Gasteiger partial charge in [0.1, 0.15) is 5.75 Å². The summed E-state index contributed by atoms with van der Waals surface area (Å²) >= 11 is 0. The first kappa shape index (κ1) is 9.51. The van der Waals surface area contributed by atoms with E-state index >= 15 is 0 Å². The van der Waals surface area contributed by atoms with E-state index in [0.717, 1.165) is 5.56 Å². The molecule has 0 aliphatic rings. The predicted octanol–water partition coefficient (Wildman–Crippen LogP) is 1.19. The molecule has 0 saturated carbocycles. The summed E-state index contributed by atoms with van der Waals surface area (Å²) in [6.07, 6.45) is 1.57. The van der Waals surface area contributed by atoms with Gasteiger partial charge in [-0.3, -0.25) is 0 Å². The highest BCUT2D eigenvalue weighted by molar-refractivity contribution is 5.87. The van der Waals surface area contributed by atoms with Crippen molar-refractivity contribution in [2.75, 3.05) is 14.2 Å². The van der Waals surface area contributed by atoms with Gasteiger partial charge in [0.05, 0.1) is 14.2 Å². The van der Waals surface area contributed by atoms with Gasteiger partial charge in [0, 0.05) is 17.8 Å². The average molecular weight is 181 g/mol. The van der Waals surface area contributed by atoms with E-state index in [0.29, 0.717) is 5.75 Å². The lowest BCUT2D eigenvalue weighted by molar-refractivity contribution is 0.0593. The fourth-order valence-electron chi connectivity index (χ4n) is 0.941. The Bertz CT molecular complexity index is 323. The Hall–Kier alpha value is -1.58. The zero-order valence-corrected chi connectivity index (χ0v) is 7.83. The number of aromatic nitrogens is 1. The van der Waals surface area contributed by atoms with Crippen LogP contribution in [0.5, 0.6) is 5.75 Å². The van der Waals surface area contributed by atoms with Crippen molar-refractivity contribution in [3.63, 3.8) is 0 Å². The molecule has 0 atom stereocenters. The molecule has 0 aromatic carbocycles. The number of methoxy groups -OCH3 is 2. The molecular formula is C9H11NO3. The van der Waals surface area contributed by atoms with E-state index in [1.165, 1.54) is 7.11 Å². The minimum atomic E-state index is -0.460. The van der Waals surface area contributed by atoms with Crippen LogP contribution in [0.25, 0.3) is 0 Å². The van der Waals surface area contributed by atoms with Crippen LogP contribution in [-0.4, -0.2) is 25.2 Å². The normalized spacial score (nSPS) is 9.46. The highest BCUT2D eigenvalue weighted by Gasteiger charge is 2.09. The van der Waals surface area contributed by atoms with E-state index in [1.54, 1.807) is 19.4 Å². The number of rotatable bonds is 2. The van der Waals surface area contributed by atoms with Gasteiger partial charge in [0.2, 0.25) is 0 Å². The minimum Gasteiger partial charge on any atom is -0.496 e. The highest BCUT2D eigenvalue weighted by Crippen LogP contribution is 2.16. The Labute approximate surface area is 76.5 Å². The summed E-state index contributed by atoms with van der Waals surface area (Å²) in [5.74, 6) is 0.175. The van der Waals surface area contributed by atoms with Gasteiger partial charge in [-0.1, -0.05) is 0 Å². The summed E-state index contributed by atoms with van der Waals surface area (Å²) in [5, 5.41) is 0. The lowest BCUT2D eigenvalue weighted by Gasteiger charge is -2.04. The fourth-order valence-corrected chi connectivity index (χ4v) is 0.941. The summed E-state index contributed by atoms with van der Waals surface area (Å²) in [4.78, 5) is 15.0. The molecule has 0 spiro atoms. The molecule has 0 aliphatic heterocycles. The van der Waals surface area contributed by atoms with Crippen LogP contribution in [-0.2, 0) is 4.74 Å². The third-order valence-electron chi connectivity index (χ3n) is 1.67. The second-order valence-corrected chi connectivity index (χ2v) is 2.53. The van der Waals surface area contributed by atoms with Gasteiger partial charge in [-0.2, -0.15) is 0 Å². The molecule has 4 nitrogen and oxygen atoms in total. The maximum atomic E-state index is 11.1. The molecule has 0 radical (unpaired) electrons. The fraction of sp³-hybridized carbons (Fsp3) is 0.333. The summed E-state index contributed by atoms with van der Waals surface area (Å²) in [7, 11) is 2.86. The molecule has 0 unspecified atom stereocenters. The number of hydrogen-bond donors (Lipinski definition) is 0. The number of carbonyl (C=O) groups is 1. The Kier molecular flexibility index (Phi) is 2.84. The summed E-state index contributed by atoms with van der Waals surface area (Å²) < 4.78 is 9.55. The van der Waals surface area contributed by atoms with Crippen LogP contribution in [0.3, 0.4) is 0 Å². The Morgan fingerprint density at radius 2 is 2.15 bits per heavy atom. The molecule has 70 valence electrons. The monoisotopic (exact) mass is 181 g/mol. The average Bonchev–Trinajstić information content (AvgIpc) is 2.17. The SMILES string of the molecule is COC(=O)c1cc(OC)c(C)cn1. The van der Waals surface area contributed by atoms with Crippen molar-refractivity contribution in [3.05, 3.63) is 23.5 Å². The topological polar surface area (TPSA) is 48.4 Å². The van der Waals surface area contributed by atoms with Crippen LogP contribution in [0.4, 0.5) is 0 Å². The molecule has 0 N–H and O–H groups in total. The Balaban J connectivity index is 3.06. The van der Waals surface area contributed by atoms with Gasteiger partial charge in [0.15, 0.2) is 5.69 Å². The molecule has 4 heteroatoms. The molecule has 0 aliphatic carbocycles. The van der Waals surface area contributed by atoms with Crippen LogP contribution in [0.1, 0.15) is 16.1 Å². The van der Waals surface area contributed by atoms with Crippen molar-refractivity contribution in [2.24, 2.45) is 0 Å². The number of pyridine rings is 1. The number of aryl methyl sites for hydroxylation is 1. The Morgan fingerprint density at radius 3 is 2.69 bits per heavy atom. The first-order valence-electron chi connectivity index (χ1n) is 3.78. The van der Waals surface area contributed by atoms with Gasteiger partial charge in [0.25, 0.3) is 0 Å². The predicted molar refractivity (Wildman–Crippen MR) is 46.9 cm³/mol. The first-order valence-corrected chi connectivity index (χ1v) is 3.78. The second-order valence-electron chi connectivity index (χ2n) is 2.53. The van der Waals surface area contributed by atoms with Crippen LogP contribution >= 0.6 is 0 Å². The lowest BCUT2D eigenvalue weighted by atomic mass is 10.2. The smallest absolute Gasteiger partial charge is 0.356 e. The molecule has 13 heavy (non-hydrogen) atoms. The van der Waals surface area contributed by atoms with Gasteiger partial charge < -0.3 is 9.47 Å². The van der Waals surface area contributed by atoms with Gasteiger partial charge in [-0.05, 0) is 6.92 Å². The number of hydrogen-bond acceptors (Lipinski definition) is 4. The second kappa shape index (κ2) is 3.89. The van der Waals surface area contributed by atoms with E-state index < -0.39 is 5.97 Å². The molecule has 1 aromatic heterocycles. The van der Waals surface area contributed by atoms with Crippen LogP contribution < -0.4 is 4.74 Å². The van der Waals surface area contributed by atoms with E-state index in [2.05, 4.69) is 9.72 Å². The van der Waals surface area contributed by atoms with Gasteiger partial charge in [-0.15, -0.1) is 0 Å². The van der Waals surface area contributed by atoms with Crippen molar-refractivity contribution in [3.8, 4) is 5.75 Å². The lowest BCUT2D eigenvalue weighted by Crippen LogP contribution is -2.04. The number of nitrogens with zero attached hydrogens (tertiary/aromatic N) is 1. The first-order chi connectivity index (χ1) is 6.19. The van der Waals surface area contributed by atoms with Crippen LogP contribution in [0.15, 0.2) is 12.3 Å². The Morgan fingerprint density at radius 1 is 1.46 bits per heavy atom. The number of esters is 1. The minimum absolute atomic E-state index is 0.255. The van der Waals surface area contributed by atoms with Crippen LogP contribution in [0.2, 0.25) is 0 Å². The highest BCUT2D eigenvalue weighted by atomic mass is 16.5. The maximum Gasteiger partial charge on any atom is 0.356 e. The molecule has 1 aromatic rings. The van der Waals surface area contributed by atoms with Crippen molar-refractivity contribution in [1.82, 2.24) is 4.98 Å². The van der Waals surface area contributed by atoms with Crippen molar-refractivity contribution < 1.29 is 14.3 Å². The molecule has 0 amide bonds. The largest absolute Gasteiger partial charge is 0.496 e. The quantitative estimate of drug-likeness (QED) is 0.643. The van der Waals surface area contributed by atoms with E-state index in [-0.39, 0.29) is 5.69 Å². The number of ether oxygens (including phenoxy) is 2. The molecule has 0 saturated heterocycles. The van der Waals surface area contributed by atoms with Crippen molar-refractivity contribution >= 4 is 5.97 Å².